The van der Waals surface area contributed by atoms with Crippen LogP contribution in [0.4, 0.5) is 11.4 Å². The van der Waals surface area contributed by atoms with Crippen molar-refractivity contribution in [3.63, 3.8) is 0 Å². The van der Waals surface area contributed by atoms with Gasteiger partial charge in [-0.25, -0.2) is 4.98 Å². The maximum absolute atomic E-state index is 12.5. The van der Waals surface area contributed by atoms with Gasteiger partial charge in [0.05, 0.1) is 0 Å². The predicted molar refractivity (Wildman–Crippen MR) is 101 cm³/mol. The highest BCUT2D eigenvalue weighted by Crippen LogP contribution is 2.26. The van der Waals surface area contributed by atoms with Crippen LogP contribution in [-0.4, -0.2) is 16.8 Å². The van der Waals surface area contributed by atoms with Gasteiger partial charge in [0.15, 0.2) is 0 Å². The van der Waals surface area contributed by atoms with Gasteiger partial charge in [0.25, 0.3) is 5.91 Å². The van der Waals surface area contributed by atoms with Gasteiger partial charge < -0.3 is 10.6 Å². The maximum atomic E-state index is 12.5. The van der Waals surface area contributed by atoms with Gasteiger partial charge in [0, 0.05) is 29.2 Å². The molecule has 3 aromatic rings. The molecule has 0 atom stereocenters. The summed E-state index contributed by atoms with van der Waals surface area (Å²) in [6, 6.07) is 15.1. The molecule has 0 fully saturated rings. The van der Waals surface area contributed by atoms with Gasteiger partial charge in [-0.05, 0) is 24.6 Å². The quantitative estimate of drug-likeness (QED) is 0.735. The summed E-state index contributed by atoms with van der Waals surface area (Å²) in [4.78, 5) is 28.2. The van der Waals surface area contributed by atoms with Crippen LogP contribution >= 0.6 is 11.3 Å². The standard InChI is InChI=1S/C19H17N3O2S/c1-12-15(20-13(2)23)9-6-10-16(12)21-18(24)17-11-25-19(22-17)14-7-4-3-5-8-14/h3-11H,1-2H3,(H,20,23)(H,21,24). The smallest absolute Gasteiger partial charge is 0.275 e. The number of nitrogens with zero attached hydrogens (tertiary/aromatic N) is 1. The van der Waals surface area contributed by atoms with Gasteiger partial charge in [-0.3, -0.25) is 9.59 Å². The summed E-state index contributed by atoms with van der Waals surface area (Å²) in [7, 11) is 0. The highest BCUT2D eigenvalue weighted by Gasteiger charge is 2.14. The van der Waals surface area contributed by atoms with Crippen molar-refractivity contribution in [3.8, 4) is 10.6 Å². The number of anilines is 2. The Kier molecular flexibility index (Phi) is 4.90. The zero-order valence-corrected chi connectivity index (χ0v) is 14.7. The van der Waals surface area contributed by atoms with Crippen LogP contribution in [0.25, 0.3) is 10.6 Å². The molecule has 2 amide bonds. The minimum absolute atomic E-state index is 0.154. The first-order valence-corrected chi connectivity index (χ1v) is 8.62. The number of benzene rings is 2. The molecule has 0 saturated heterocycles. The van der Waals surface area contributed by atoms with E-state index in [4.69, 9.17) is 0 Å². The molecule has 2 aromatic carbocycles. The van der Waals surface area contributed by atoms with Crippen molar-refractivity contribution in [2.24, 2.45) is 0 Å². The lowest BCUT2D eigenvalue weighted by Crippen LogP contribution is -2.14. The zero-order valence-electron chi connectivity index (χ0n) is 13.9. The fraction of sp³-hybridized carbons (Fsp3) is 0.105. The van der Waals surface area contributed by atoms with Crippen molar-refractivity contribution in [1.82, 2.24) is 4.98 Å². The molecule has 1 aromatic heterocycles. The summed E-state index contributed by atoms with van der Waals surface area (Å²) < 4.78 is 0. The Bertz CT molecular complexity index is 919. The summed E-state index contributed by atoms with van der Waals surface area (Å²) in [5.41, 5.74) is 3.46. The highest BCUT2D eigenvalue weighted by atomic mass is 32.1. The van der Waals surface area contributed by atoms with Gasteiger partial charge in [0.2, 0.25) is 5.91 Å². The number of amides is 2. The lowest BCUT2D eigenvalue weighted by Gasteiger charge is -2.12. The molecular weight excluding hydrogens is 334 g/mol. The first-order chi connectivity index (χ1) is 12.0. The van der Waals surface area contributed by atoms with Crippen LogP contribution in [0.15, 0.2) is 53.9 Å². The molecule has 0 bridgehead atoms. The SMILES string of the molecule is CC(=O)Nc1cccc(NC(=O)c2csc(-c3ccccc3)n2)c1C. The monoisotopic (exact) mass is 351 g/mol. The number of hydrogen-bond acceptors (Lipinski definition) is 4. The molecule has 0 spiro atoms. The molecule has 2 N–H and O–H groups in total. The third-order valence-electron chi connectivity index (χ3n) is 3.65. The van der Waals surface area contributed by atoms with E-state index in [1.807, 2.05) is 37.3 Å². The first kappa shape index (κ1) is 16.9. The number of carbonyl (C=O) groups is 2. The minimum Gasteiger partial charge on any atom is -0.326 e. The van der Waals surface area contributed by atoms with Crippen LogP contribution in [-0.2, 0) is 4.79 Å². The Labute approximate surface area is 149 Å². The fourth-order valence-electron chi connectivity index (χ4n) is 2.37. The molecule has 25 heavy (non-hydrogen) atoms. The van der Waals surface area contributed by atoms with Crippen LogP contribution in [0.3, 0.4) is 0 Å². The molecule has 0 aliphatic rings. The topological polar surface area (TPSA) is 71.1 Å². The van der Waals surface area contributed by atoms with Gasteiger partial charge in [-0.2, -0.15) is 0 Å². The Morgan fingerprint density at radius 2 is 1.64 bits per heavy atom. The van der Waals surface area contributed by atoms with E-state index in [9.17, 15) is 9.59 Å². The number of thiazole rings is 1. The summed E-state index contributed by atoms with van der Waals surface area (Å²) in [6.07, 6.45) is 0. The van der Waals surface area contributed by atoms with E-state index in [-0.39, 0.29) is 11.8 Å². The summed E-state index contributed by atoms with van der Waals surface area (Å²) >= 11 is 1.43. The lowest BCUT2D eigenvalue weighted by atomic mass is 10.1. The van der Waals surface area contributed by atoms with Crippen LogP contribution in [0.2, 0.25) is 0 Å². The molecular formula is C19H17N3O2S. The number of rotatable bonds is 4. The third-order valence-corrected chi connectivity index (χ3v) is 4.54. The zero-order chi connectivity index (χ0) is 17.8. The molecule has 0 radical (unpaired) electrons. The van der Waals surface area contributed by atoms with Crippen LogP contribution in [0.5, 0.6) is 0 Å². The second-order valence-corrected chi connectivity index (χ2v) is 6.38. The summed E-state index contributed by atoms with van der Waals surface area (Å²) in [6.45, 7) is 3.29. The van der Waals surface area contributed by atoms with Gasteiger partial charge >= 0.3 is 0 Å². The second kappa shape index (κ2) is 7.27. The minimum atomic E-state index is -0.276. The van der Waals surface area contributed by atoms with E-state index in [2.05, 4.69) is 15.6 Å². The van der Waals surface area contributed by atoms with E-state index < -0.39 is 0 Å². The molecule has 126 valence electrons. The first-order valence-electron chi connectivity index (χ1n) is 7.74. The summed E-state index contributed by atoms with van der Waals surface area (Å²) in [5, 5.41) is 8.15. The van der Waals surface area contributed by atoms with Gasteiger partial charge in [-0.15, -0.1) is 11.3 Å². The lowest BCUT2D eigenvalue weighted by molar-refractivity contribution is -0.114. The Morgan fingerprint density at radius 3 is 2.32 bits per heavy atom. The van der Waals surface area contributed by atoms with Crippen LogP contribution in [0.1, 0.15) is 23.0 Å². The number of aromatic nitrogens is 1. The highest BCUT2D eigenvalue weighted by molar-refractivity contribution is 7.13. The van der Waals surface area contributed by atoms with Crippen molar-refractivity contribution < 1.29 is 9.59 Å². The Morgan fingerprint density at radius 1 is 0.960 bits per heavy atom. The largest absolute Gasteiger partial charge is 0.326 e. The average Bonchev–Trinajstić information content (AvgIpc) is 3.09. The molecule has 0 aliphatic heterocycles. The molecule has 0 saturated carbocycles. The molecule has 0 aliphatic carbocycles. The Balaban J connectivity index is 1.79. The molecule has 3 rings (SSSR count). The van der Waals surface area contributed by atoms with E-state index in [0.717, 1.165) is 16.1 Å². The Hall–Kier alpha value is -2.99. The van der Waals surface area contributed by atoms with Gasteiger partial charge in [-0.1, -0.05) is 36.4 Å². The molecule has 6 heteroatoms. The van der Waals surface area contributed by atoms with E-state index in [1.165, 1.54) is 18.3 Å². The van der Waals surface area contributed by atoms with Gasteiger partial charge in [0.1, 0.15) is 10.7 Å². The molecule has 1 heterocycles. The second-order valence-electron chi connectivity index (χ2n) is 5.52. The van der Waals surface area contributed by atoms with E-state index in [0.29, 0.717) is 17.1 Å². The summed E-state index contributed by atoms with van der Waals surface area (Å²) in [5.74, 6) is -0.430. The number of nitrogens with one attached hydrogen (secondary N) is 2. The van der Waals surface area contributed by atoms with Crippen molar-refractivity contribution in [2.75, 3.05) is 10.6 Å². The van der Waals surface area contributed by atoms with Crippen molar-refractivity contribution >= 4 is 34.5 Å². The van der Waals surface area contributed by atoms with Crippen molar-refractivity contribution in [2.45, 2.75) is 13.8 Å². The molecule has 0 unspecified atom stereocenters. The van der Waals surface area contributed by atoms with Crippen LogP contribution in [0, 0.1) is 6.92 Å². The van der Waals surface area contributed by atoms with Crippen molar-refractivity contribution in [3.05, 3.63) is 65.2 Å². The predicted octanol–water partition coefficient (Wildman–Crippen LogP) is 4.33. The number of carbonyl (C=O) groups excluding carboxylic acids is 2. The van der Waals surface area contributed by atoms with Crippen molar-refractivity contribution in [1.29, 1.82) is 0 Å². The fourth-order valence-corrected chi connectivity index (χ4v) is 3.18. The normalized spacial score (nSPS) is 10.3. The average molecular weight is 351 g/mol. The molecule has 5 nitrogen and oxygen atoms in total. The van der Waals surface area contributed by atoms with E-state index in [1.54, 1.807) is 23.6 Å². The maximum Gasteiger partial charge on any atom is 0.275 e. The number of hydrogen-bond donors (Lipinski definition) is 2. The van der Waals surface area contributed by atoms with E-state index >= 15 is 0 Å². The van der Waals surface area contributed by atoms with Crippen LogP contribution < -0.4 is 10.6 Å². The third kappa shape index (κ3) is 3.92.